The van der Waals surface area contributed by atoms with Crippen LogP contribution in [0.25, 0.3) is 0 Å². The second kappa shape index (κ2) is 54.2. The molecule has 0 saturated heterocycles. The van der Waals surface area contributed by atoms with Crippen molar-refractivity contribution in [3.63, 3.8) is 0 Å². The first kappa shape index (κ1) is 62.6. The molecule has 0 spiro atoms. The Bertz CT molecular complexity index is 955. The molecule has 0 radical (unpaired) electrons. The molecule has 0 aliphatic carbocycles. The number of ether oxygens (including phenoxy) is 1. The van der Waals surface area contributed by atoms with E-state index < -0.39 is 12.1 Å². The van der Waals surface area contributed by atoms with Gasteiger partial charge in [-0.25, -0.2) is 0 Å². The van der Waals surface area contributed by atoms with Gasteiger partial charge < -0.3 is 20.3 Å². The predicted octanol–water partition coefficient (Wildman–Crippen LogP) is 17.7. The number of hydrogen-bond donors (Lipinski definition) is 3. The maximum atomic E-state index is 12.4. The topological polar surface area (TPSA) is 95.9 Å². The molecular formula is C58H113NO5. The first-order valence-electron chi connectivity index (χ1n) is 29.0. The molecule has 3 N–H and O–H groups in total. The quantitative estimate of drug-likeness (QED) is 0.0321. The van der Waals surface area contributed by atoms with E-state index in [9.17, 15) is 19.8 Å². The summed E-state index contributed by atoms with van der Waals surface area (Å²) in [5, 5.41) is 23.1. The molecule has 0 aliphatic heterocycles. The normalized spacial score (nSPS) is 12.6. The summed E-state index contributed by atoms with van der Waals surface area (Å²) in [6, 6.07) is -0.634. The number of nitrogens with one attached hydrogen (secondary N) is 1. The molecule has 6 nitrogen and oxygen atoms in total. The summed E-state index contributed by atoms with van der Waals surface area (Å²) in [6.07, 6.45) is 63.7. The summed E-state index contributed by atoms with van der Waals surface area (Å²) in [4.78, 5) is 24.5. The third-order valence-electron chi connectivity index (χ3n) is 13.6. The van der Waals surface area contributed by atoms with Crippen LogP contribution in [0.1, 0.15) is 322 Å². The van der Waals surface area contributed by atoms with Gasteiger partial charge in [0.2, 0.25) is 5.91 Å². The van der Waals surface area contributed by atoms with Crippen molar-refractivity contribution in [1.82, 2.24) is 5.32 Å². The highest BCUT2D eigenvalue weighted by Crippen LogP contribution is 2.17. The first-order chi connectivity index (χ1) is 31.5. The van der Waals surface area contributed by atoms with Gasteiger partial charge in [-0.1, -0.05) is 289 Å². The molecule has 1 amide bonds. The highest BCUT2D eigenvalue weighted by atomic mass is 16.5. The Morgan fingerprint density at radius 3 is 1.06 bits per heavy atom. The molecule has 0 aromatic rings. The Morgan fingerprint density at radius 1 is 0.422 bits per heavy atom. The standard InChI is InChI=1S/C58H113NO5/c1-3-5-7-9-11-13-15-17-19-20-21-22-23-28-32-36-40-44-48-52-58(63)64-53-49-45-41-37-33-29-25-24-27-31-35-39-43-47-51-57(62)59-55(54-60)56(61)50-46-42-38-34-30-26-18-16-14-12-10-8-6-4-2/h46,50,55-56,60-61H,3-45,47-49,51-54H2,1-2H3,(H,59,62)/b50-46+. The van der Waals surface area contributed by atoms with Gasteiger partial charge >= 0.3 is 5.97 Å². The average Bonchev–Trinajstić information content (AvgIpc) is 3.29. The van der Waals surface area contributed by atoms with Crippen LogP contribution in [-0.2, 0) is 14.3 Å². The number of amides is 1. The zero-order valence-electron chi connectivity index (χ0n) is 43.3. The summed E-state index contributed by atoms with van der Waals surface area (Å²) in [6.45, 7) is 4.90. The van der Waals surface area contributed by atoms with Gasteiger partial charge in [-0.05, 0) is 32.1 Å². The monoisotopic (exact) mass is 904 g/mol. The number of esters is 1. The summed E-state index contributed by atoms with van der Waals surface area (Å²) in [5.41, 5.74) is 0. The molecule has 380 valence electrons. The minimum Gasteiger partial charge on any atom is -0.466 e. The SMILES string of the molecule is CCCCCCCCCCCCCC/C=C/C(O)C(CO)NC(=O)CCCCCCCCCCCCCCCCOC(=O)CCCCCCCCCCCCCCCCCCCCC. The molecule has 0 aromatic heterocycles. The molecule has 0 aromatic carbocycles. The van der Waals surface area contributed by atoms with Crippen molar-refractivity contribution in [3.8, 4) is 0 Å². The van der Waals surface area contributed by atoms with Crippen molar-refractivity contribution in [2.24, 2.45) is 0 Å². The lowest BCUT2D eigenvalue weighted by Gasteiger charge is -2.20. The lowest BCUT2D eigenvalue weighted by atomic mass is 10.0. The average molecular weight is 905 g/mol. The van der Waals surface area contributed by atoms with Crippen molar-refractivity contribution in [3.05, 3.63) is 12.2 Å². The third-order valence-corrected chi connectivity index (χ3v) is 13.6. The van der Waals surface area contributed by atoms with Gasteiger partial charge in [0.15, 0.2) is 0 Å². The molecule has 0 bridgehead atoms. The fourth-order valence-corrected chi connectivity index (χ4v) is 9.11. The number of hydrogen-bond acceptors (Lipinski definition) is 5. The molecule has 0 heterocycles. The minimum absolute atomic E-state index is 0.00177. The first-order valence-corrected chi connectivity index (χ1v) is 29.0. The van der Waals surface area contributed by atoms with E-state index in [1.165, 1.54) is 238 Å². The van der Waals surface area contributed by atoms with Crippen LogP contribution in [0, 0.1) is 0 Å². The van der Waals surface area contributed by atoms with Crippen LogP contribution in [0.2, 0.25) is 0 Å². The Morgan fingerprint density at radius 2 is 0.719 bits per heavy atom. The van der Waals surface area contributed by atoms with Gasteiger partial charge in [-0.3, -0.25) is 9.59 Å². The van der Waals surface area contributed by atoms with Crippen LogP contribution >= 0.6 is 0 Å². The van der Waals surface area contributed by atoms with E-state index in [1.807, 2.05) is 6.08 Å². The molecule has 2 unspecified atom stereocenters. The van der Waals surface area contributed by atoms with E-state index in [0.29, 0.717) is 19.4 Å². The number of rotatable bonds is 54. The highest BCUT2D eigenvalue weighted by Gasteiger charge is 2.18. The van der Waals surface area contributed by atoms with Crippen molar-refractivity contribution >= 4 is 11.9 Å². The van der Waals surface area contributed by atoms with Gasteiger partial charge in [0.25, 0.3) is 0 Å². The van der Waals surface area contributed by atoms with Gasteiger partial charge in [-0.15, -0.1) is 0 Å². The van der Waals surface area contributed by atoms with E-state index in [0.717, 1.165) is 57.8 Å². The Kier molecular flexibility index (Phi) is 53.0. The van der Waals surface area contributed by atoms with Gasteiger partial charge in [-0.2, -0.15) is 0 Å². The number of aliphatic hydroxyl groups excluding tert-OH is 2. The van der Waals surface area contributed by atoms with Crippen molar-refractivity contribution < 1.29 is 24.5 Å². The van der Waals surface area contributed by atoms with Gasteiger partial charge in [0.05, 0.1) is 25.4 Å². The van der Waals surface area contributed by atoms with Crippen LogP contribution in [0.4, 0.5) is 0 Å². The Labute approximate surface area is 399 Å². The zero-order valence-corrected chi connectivity index (χ0v) is 43.3. The summed E-state index contributed by atoms with van der Waals surface area (Å²) in [5.74, 6) is -0.0749. The second-order valence-electron chi connectivity index (χ2n) is 20.0. The smallest absolute Gasteiger partial charge is 0.305 e. The summed E-state index contributed by atoms with van der Waals surface area (Å²) < 4.78 is 5.49. The molecule has 0 aliphatic rings. The second-order valence-corrected chi connectivity index (χ2v) is 20.0. The number of allylic oxidation sites excluding steroid dienone is 1. The molecular weight excluding hydrogens is 791 g/mol. The van der Waals surface area contributed by atoms with E-state index in [2.05, 4.69) is 19.2 Å². The molecule has 0 rings (SSSR count). The molecule has 0 saturated carbocycles. The third kappa shape index (κ3) is 50.0. The molecule has 0 fully saturated rings. The van der Waals surface area contributed by atoms with E-state index >= 15 is 0 Å². The summed E-state index contributed by atoms with van der Waals surface area (Å²) in [7, 11) is 0. The number of carbonyl (C=O) groups excluding carboxylic acids is 2. The van der Waals surface area contributed by atoms with Crippen LogP contribution in [0.3, 0.4) is 0 Å². The summed E-state index contributed by atoms with van der Waals surface area (Å²) >= 11 is 0. The predicted molar refractivity (Wildman–Crippen MR) is 278 cm³/mol. The fraction of sp³-hybridized carbons (Fsp3) is 0.931. The van der Waals surface area contributed by atoms with Crippen LogP contribution in [0.5, 0.6) is 0 Å². The fourth-order valence-electron chi connectivity index (χ4n) is 9.11. The lowest BCUT2D eigenvalue weighted by molar-refractivity contribution is -0.143. The van der Waals surface area contributed by atoms with Crippen LogP contribution in [0.15, 0.2) is 12.2 Å². The number of unbranched alkanes of at least 4 members (excludes halogenated alkanes) is 43. The molecule has 64 heavy (non-hydrogen) atoms. The molecule has 6 heteroatoms. The largest absolute Gasteiger partial charge is 0.466 e. The van der Waals surface area contributed by atoms with Crippen molar-refractivity contribution in [1.29, 1.82) is 0 Å². The lowest BCUT2D eigenvalue weighted by Crippen LogP contribution is -2.45. The van der Waals surface area contributed by atoms with Crippen LogP contribution < -0.4 is 5.32 Å². The maximum Gasteiger partial charge on any atom is 0.305 e. The van der Waals surface area contributed by atoms with E-state index in [4.69, 9.17) is 4.74 Å². The molecule has 2 atom stereocenters. The highest BCUT2D eigenvalue weighted by molar-refractivity contribution is 5.76. The van der Waals surface area contributed by atoms with E-state index in [1.54, 1.807) is 6.08 Å². The number of aliphatic hydroxyl groups is 2. The van der Waals surface area contributed by atoms with Crippen LogP contribution in [-0.4, -0.2) is 47.4 Å². The zero-order chi connectivity index (χ0) is 46.5. The number of carbonyl (C=O) groups is 2. The van der Waals surface area contributed by atoms with Gasteiger partial charge in [0.1, 0.15) is 0 Å². The Hall–Kier alpha value is -1.40. The minimum atomic E-state index is -0.850. The Balaban J connectivity index is 3.42. The van der Waals surface area contributed by atoms with Gasteiger partial charge in [0, 0.05) is 12.8 Å². The maximum absolute atomic E-state index is 12.4. The van der Waals surface area contributed by atoms with Crippen molar-refractivity contribution in [2.75, 3.05) is 13.2 Å². The van der Waals surface area contributed by atoms with Crippen molar-refractivity contribution in [2.45, 2.75) is 334 Å². The van der Waals surface area contributed by atoms with E-state index in [-0.39, 0.29) is 18.5 Å².